The second-order valence-electron chi connectivity index (χ2n) is 5.54. The van der Waals surface area contributed by atoms with Crippen LogP contribution in [0.2, 0.25) is 0 Å². The molecule has 1 aliphatic carbocycles. The summed E-state index contributed by atoms with van der Waals surface area (Å²) in [5.41, 5.74) is 5.01. The van der Waals surface area contributed by atoms with Crippen LogP contribution >= 0.6 is 18.9 Å². The Morgan fingerprint density at radius 1 is 1.28 bits per heavy atom. The minimum Gasteiger partial charge on any atom is -0.480 e. The maximum Gasteiger partial charge on any atom is 0.367 e. The average molecular weight is 381 g/mol. The first-order valence-corrected chi connectivity index (χ1v) is 10.7. The molecule has 0 fully saturated rings. The van der Waals surface area contributed by atoms with E-state index >= 15 is 0 Å². The Morgan fingerprint density at radius 2 is 2.00 bits per heavy atom. The molecule has 1 aromatic carbocycles. The molecule has 0 radical (unpaired) electrons. The fourth-order valence-corrected chi connectivity index (χ4v) is 5.02. The van der Waals surface area contributed by atoms with Crippen molar-refractivity contribution < 1.29 is 23.1 Å². The first-order chi connectivity index (χ1) is 12.0. The van der Waals surface area contributed by atoms with Gasteiger partial charge in [0.05, 0.1) is 24.4 Å². The third-order valence-electron chi connectivity index (χ3n) is 3.90. The van der Waals surface area contributed by atoms with Gasteiger partial charge in [0.25, 0.3) is 0 Å². The first-order valence-electron chi connectivity index (χ1n) is 8.09. The average Bonchev–Trinajstić information content (AvgIpc) is 3.13. The summed E-state index contributed by atoms with van der Waals surface area (Å²) in [5, 5.41) is 0. The first kappa shape index (κ1) is 18.3. The number of hydrogen-bond acceptors (Lipinski definition) is 7. The summed E-state index contributed by atoms with van der Waals surface area (Å²) in [6.07, 6.45) is 0.482. The van der Waals surface area contributed by atoms with Crippen LogP contribution < -0.4 is 4.74 Å². The zero-order valence-corrected chi connectivity index (χ0v) is 16.1. The van der Waals surface area contributed by atoms with E-state index in [1.165, 1.54) is 0 Å². The molecule has 0 bridgehead atoms. The Balaban J connectivity index is 1.95. The lowest BCUT2D eigenvalue weighted by Crippen LogP contribution is -2.07. The monoisotopic (exact) mass is 381 g/mol. The number of aromatic nitrogens is 1. The van der Waals surface area contributed by atoms with Crippen molar-refractivity contribution >= 4 is 24.7 Å². The van der Waals surface area contributed by atoms with Crippen molar-refractivity contribution in [2.75, 3.05) is 19.6 Å². The van der Waals surface area contributed by atoms with Crippen molar-refractivity contribution in [3.05, 3.63) is 33.6 Å². The van der Waals surface area contributed by atoms with E-state index in [0.717, 1.165) is 21.7 Å². The van der Waals surface area contributed by atoms with Crippen molar-refractivity contribution in [1.82, 2.24) is 4.98 Å². The highest BCUT2D eigenvalue weighted by atomic mass is 32.1. The van der Waals surface area contributed by atoms with E-state index in [4.69, 9.17) is 13.8 Å². The van der Waals surface area contributed by atoms with Crippen LogP contribution in [-0.2, 0) is 20.0 Å². The van der Waals surface area contributed by atoms with Crippen molar-refractivity contribution in [2.24, 2.45) is 0 Å². The molecule has 0 amide bonds. The third-order valence-corrected chi connectivity index (χ3v) is 6.48. The molecule has 3 rings (SSSR count). The molecular formula is C17H20NO5PS. The Bertz CT molecular complexity index is 838. The van der Waals surface area contributed by atoms with Gasteiger partial charge >= 0.3 is 7.60 Å². The summed E-state index contributed by atoms with van der Waals surface area (Å²) in [4.78, 5) is 17.4. The maximum absolute atomic E-state index is 12.6. The molecule has 2 aromatic rings. The number of thiazole rings is 1. The Hall–Kier alpha value is -1.53. The second kappa shape index (κ2) is 7.38. The van der Waals surface area contributed by atoms with Crippen LogP contribution in [0.3, 0.4) is 0 Å². The van der Waals surface area contributed by atoms with Crippen molar-refractivity contribution in [3.63, 3.8) is 0 Å². The van der Waals surface area contributed by atoms with E-state index < -0.39 is 7.60 Å². The molecule has 6 nitrogen and oxygen atoms in total. The molecule has 0 spiro atoms. The lowest BCUT2D eigenvalue weighted by Gasteiger charge is -2.19. The number of Topliss-reactive ketones (excluding diaryl/α,β-unsaturated/α-hetero) is 1. The fourth-order valence-electron chi connectivity index (χ4n) is 2.93. The predicted octanol–water partition coefficient (Wildman–Crippen LogP) is 4.52. The summed E-state index contributed by atoms with van der Waals surface area (Å²) in [6.45, 7) is 5.62. The van der Waals surface area contributed by atoms with Gasteiger partial charge in [0.2, 0.25) is 0 Å². The van der Waals surface area contributed by atoms with Gasteiger partial charge in [-0.2, -0.15) is 0 Å². The smallest absolute Gasteiger partial charge is 0.367 e. The highest BCUT2D eigenvalue weighted by Crippen LogP contribution is 2.50. The summed E-state index contributed by atoms with van der Waals surface area (Å²) in [6, 6.07) is 3.48. The standard InChI is InChI=1S/C17H20NO5PS/c1-4-22-24(20,23-5-2)10-21-14-7-6-12(11(3)19)13-8-15-17(16(13)14)18-9-25-15/h6-7,9H,4-5,8,10H2,1-3H3. The molecule has 0 saturated heterocycles. The molecule has 0 unspecified atom stereocenters. The van der Waals surface area contributed by atoms with Gasteiger partial charge in [-0.1, -0.05) is 0 Å². The molecule has 134 valence electrons. The number of carbonyl (C=O) groups is 1. The summed E-state index contributed by atoms with van der Waals surface area (Å²) >= 11 is 1.56. The van der Waals surface area contributed by atoms with E-state index in [1.54, 1.807) is 49.8 Å². The van der Waals surface area contributed by atoms with Gasteiger partial charge in [0.1, 0.15) is 5.75 Å². The van der Waals surface area contributed by atoms with Crippen LogP contribution in [0.4, 0.5) is 0 Å². The summed E-state index contributed by atoms with van der Waals surface area (Å²) in [7, 11) is -3.32. The third kappa shape index (κ3) is 3.55. The molecule has 0 aliphatic heterocycles. The van der Waals surface area contributed by atoms with Crippen molar-refractivity contribution in [1.29, 1.82) is 0 Å². The number of nitrogens with zero attached hydrogens (tertiary/aromatic N) is 1. The van der Waals surface area contributed by atoms with Crippen LogP contribution in [0.1, 0.15) is 41.6 Å². The van der Waals surface area contributed by atoms with Gasteiger partial charge in [-0.25, -0.2) is 4.98 Å². The lowest BCUT2D eigenvalue weighted by molar-refractivity contribution is 0.101. The Labute approximate surface area is 150 Å². The maximum atomic E-state index is 12.6. The number of fused-ring (bicyclic) bond motifs is 3. The number of benzene rings is 1. The molecule has 25 heavy (non-hydrogen) atoms. The van der Waals surface area contributed by atoms with Gasteiger partial charge in [0.15, 0.2) is 12.1 Å². The molecule has 1 aromatic heterocycles. The van der Waals surface area contributed by atoms with Crippen LogP contribution in [0.25, 0.3) is 11.3 Å². The second-order valence-corrected chi connectivity index (χ2v) is 8.48. The highest BCUT2D eigenvalue weighted by molar-refractivity contribution is 7.53. The Morgan fingerprint density at radius 3 is 2.64 bits per heavy atom. The zero-order valence-electron chi connectivity index (χ0n) is 14.4. The number of hydrogen-bond donors (Lipinski definition) is 0. The van der Waals surface area contributed by atoms with Crippen molar-refractivity contribution in [3.8, 4) is 17.0 Å². The molecule has 0 N–H and O–H groups in total. The number of carbonyl (C=O) groups excluding carboxylic acids is 1. The highest BCUT2D eigenvalue weighted by Gasteiger charge is 2.31. The van der Waals surface area contributed by atoms with Crippen LogP contribution in [0.5, 0.6) is 5.75 Å². The van der Waals surface area contributed by atoms with E-state index in [0.29, 0.717) is 17.7 Å². The minimum atomic E-state index is -3.32. The minimum absolute atomic E-state index is 0.00672. The van der Waals surface area contributed by atoms with Crippen LogP contribution in [-0.4, -0.2) is 30.3 Å². The SMILES string of the molecule is CCOP(=O)(COc1ccc(C(C)=O)c2c1-c1ncsc1C2)OCC. The number of ketones is 1. The molecular weight excluding hydrogens is 361 g/mol. The van der Waals surface area contributed by atoms with Crippen LogP contribution in [0.15, 0.2) is 17.6 Å². The molecule has 1 aliphatic rings. The fraction of sp³-hybridized carbons (Fsp3) is 0.412. The molecule has 1 heterocycles. The Kier molecular flexibility index (Phi) is 5.39. The van der Waals surface area contributed by atoms with Crippen LogP contribution in [0, 0.1) is 0 Å². The van der Waals surface area contributed by atoms with Crippen molar-refractivity contribution in [2.45, 2.75) is 27.2 Å². The summed E-state index contributed by atoms with van der Waals surface area (Å²) in [5.74, 6) is 0.552. The van der Waals surface area contributed by atoms with E-state index in [1.807, 2.05) is 0 Å². The van der Waals surface area contributed by atoms with Gasteiger partial charge in [0, 0.05) is 22.4 Å². The predicted molar refractivity (Wildman–Crippen MR) is 96.7 cm³/mol. The summed E-state index contributed by atoms with van der Waals surface area (Å²) < 4.78 is 29.0. The topological polar surface area (TPSA) is 74.7 Å². The lowest BCUT2D eigenvalue weighted by atomic mass is 9.99. The quantitative estimate of drug-likeness (QED) is 0.422. The zero-order chi connectivity index (χ0) is 18.0. The number of ether oxygens (including phenoxy) is 1. The van der Waals surface area contributed by atoms with Gasteiger partial charge in [-0.05, 0) is 38.5 Å². The van der Waals surface area contributed by atoms with Gasteiger partial charge in [-0.15, -0.1) is 11.3 Å². The number of rotatable bonds is 8. The largest absolute Gasteiger partial charge is 0.480 e. The molecule has 0 saturated carbocycles. The molecule has 8 heteroatoms. The molecule has 0 atom stereocenters. The van der Waals surface area contributed by atoms with Gasteiger partial charge in [-0.3, -0.25) is 9.36 Å². The van der Waals surface area contributed by atoms with E-state index in [9.17, 15) is 9.36 Å². The van der Waals surface area contributed by atoms with E-state index in [-0.39, 0.29) is 25.3 Å². The normalized spacial score (nSPS) is 12.8. The van der Waals surface area contributed by atoms with E-state index in [2.05, 4.69) is 4.98 Å². The van der Waals surface area contributed by atoms with Gasteiger partial charge < -0.3 is 13.8 Å².